The molecule has 0 aliphatic rings. The van der Waals surface area contributed by atoms with Crippen LogP contribution in [0.3, 0.4) is 0 Å². The Kier molecular flexibility index (Phi) is 5.99. The summed E-state index contributed by atoms with van der Waals surface area (Å²) in [5.41, 5.74) is 2.02. The Labute approximate surface area is 114 Å². The molecular weight excluding hydrogens is 242 g/mol. The minimum Gasteiger partial charge on any atom is -0.480 e. The average Bonchev–Trinajstić information content (AvgIpc) is 2.43. The first-order chi connectivity index (χ1) is 8.99. The Morgan fingerprint density at radius 1 is 1.26 bits per heavy atom. The highest BCUT2D eigenvalue weighted by Crippen LogP contribution is 2.18. The van der Waals surface area contributed by atoms with Gasteiger partial charge in [0.2, 0.25) is 0 Å². The van der Waals surface area contributed by atoms with Crippen LogP contribution >= 0.6 is 0 Å². The van der Waals surface area contributed by atoms with E-state index in [1.165, 1.54) is 5.56 Å². The summed E-state index contributed by atoms with van der Waals surface area (Å²) in [4.78, 5) is 11.0. The molecule has 1 aromatic carbocycles. The van der Waals surface area contributed by atoms with Gasteiger partial charge in [0.15, 0.2) is 0 Å². The van der Waals surface area contributed by atoms with Crippen LogP contribution in [0.4, 0.5) is 0 Å². The summed E-state index contributed by atoms with van der Waals surface area (Å²) in [6.45, 7) is 5.68. The topological polar surface area (TPSA) is 69.6 Å². The van der Waals surface area contributed by atoms with E-state index < -0.39 is 18.1 Å². The number of aliphatic carboxylic acids is 1. The van der Waals surface area contributed by atoms with Gasteiger partial charge in [-0.3, -0.25) is 10.1 Å². The van der Waals surface area contributed by atoms with E-state index in [1.54, 1.807) is 13.8 Å². The molecular formula is C15H23NO3. The van der Waals surface area contributed by atoms with Crippen LogP contribution < -0.4 is 5.32 Å². The number of nitrogens with one attached hydrogen (secondary N) is 1. The lowest BCUT2D eigenvalue weighted by Crippen LogP contribution is -2.44. The van der Waals surface area contributed by atoms with Crippen LogP contribution in [-0.2, 0) is 11.2 Å². The second kappa shape index (κ2) is 7.26. The van der Waals surface area contributed by atoms with Crippen LogP contribution in [0.5, 0.6) is 0 Å². The van der Waals surface area contributed by atoms with E-state index in [-0.39, 0.29) is 6.04 Å². The van der Waals surface area contributed by atoms with Crippen LogP contribution in [0, 0.1) is 0 Å². The number of aryl methyl sites for hydroxylation is 1. The number of carboxylic acids is 1. The molecule has 4 heteroatoms. The van der Waals surface area contributed by atoms with Gasteiger partial charge in [0.05, 0.1) is 6.10 Å². The normalized spacial score (nSPS) is 15.8. The van der Waals surface area contributed by atoms with E-state index in [2.05, 4.69) is 12.2 Å². The molecule has 0 radical (unpaired) electrons. The molecule has 0 saturated heterocycles. The van der Waals surface area contributed by atoms with Crippen molar-refractivity contribution in [2.75, 3.05) is 0 Å². The highest BCUT2D eigenvalue weighted by atomic mass is 16.4. The van der Waals surface area contributed by atoms with Gasteiger partial charge < -0.3 is 10.2 Å². The number of rotatable bonds is 7. The Morgan fingerprint density at radius 2 is 1.84 bits per heavy atom. The predicted octanol–water partition coefficient (Wildman–Crippen LogP) is 2.12. The van der Waals surface area contributed by atoms with E-state index in [9.17, 15) is 9.90 Å². The summed E-state index contributed by atoms with van der Waals surface area (Å²) in [6.07, 6.45) is 0.738. The monoisotopic (exact) mass is 265 g/mol. The van der Waals surface area contributed by atoms with Crippen LogP contribution in [-0.4, -0.2) is 28.3 Å². The van der Waals surface area contributed by atoms with Crippen molar-refractivity contribution in [1.82, 2.24) is 5.32 Å². The molecule has 3 atom stereocenters. The number of hydrogen-bond donors (Lipinski definition) is 3. The zero-order chi connectivity index (χ0) is 14.4. The van der Waals surface area contributed by atoms with Crippen molar-refractivity contribution in [3.05, 3.63) is 35.4 Å². The standard InChI is InChI=1S/C15H23NO3/c1-4-11-6-8-12(9-7-11)14(17)10(3)16-13(5-2)15(18)19/h6-10,13-14,16-17H,4-5H2,1-3H3,(H,18,19). The summed E-state index contributed by atoms with van der Waals surface area (Å²) in [5.74, 6) is -0.886. The molecule has 3 unspecified atom stereocenters. The Morgan fingerprint density at radius 3 is 2.26 bits per heavy atom. The number of aliphatic hydroxyl groups is 1. The highest BCUT2D eigenvalue weighted by Gasteiger charge is 2.22. The smallest absolute Gasteiger partial charge is 0.320 e. The first kappa shape index (κ1) is 15.7. The van der Waals surface area contributed by atoms with Gasteiger partial charge in [-0.2, -0.15) is 0 Å². The van der Waals surface area contributed by atoms with Gasteiger partial charge in [-0.25, -0.2) is 0 Å². The molecule has 0 fully saturated rings. The first-order valence-electron chi connectivity index (χ1n) is 6.75. The molecule has 19 heavy (non-hydrogen) atoms. The third-order valence-corrected chi connectivity index (χ3v) is 3.37. The quantitative estimate of drug-likeness (QED) is 0.706. The van der Waals surface area contributed by atoms with Crippen molar-refractivity contribution >= 4 is 5.97 Å². The zero-order valence-corrected chi connectivity index (χ0v) is 11.8. The summed E-state index contributed by atoms with van der Waals surface area (Å²) in [5, 5.41) is 22.2. The fourth-order valence-corrected chi connectivity index (χ4v) is 2.01. The molecule has 0 aliphatic carbocycles. The summed E-state index contributed by atoms with van der Waals surface area (Å²) >= 11 is 0. The van der Waals surface area contributed by atoms with Crippen LogP contribution in [0.15, 0.2) is 24.3 Å². The third kappa shape index (κ3) is 4.33. The number of carboxylic acid groups (broad SMARTS) is 1. The van der Waals surface area contributed by atoms with Crippen molar-refractivity contribution in [3.63, 3.8) is 0 Å². The van der Waals surface area contributed by atoms with Gasteiger partial charge in [0, 0.05) is 6.04 Å². The van der Waals surface area contributed by atoms with Crippen molar-refractivity contribution < 1.29 is 15.0 Å². The van der Waals surface area contributed by atoms with Gasteiger partial charge >= 0.3 is 5.97 Å². The van der Waals surface area contributed by atoms with E-state index in [0.717, 1.165) is 12.0 Å². The van der Waals surface area contributed by atoms with Gasteiger partial charge in [0.1, 0.15) is 6.04 Å². The van der Waals surface area contributed by atoms with Crippen molar-refractivity contribution in [2.24, 2.45) is 0 Å². The van der Waals surface area contributed by atoms with Gasteiger partial charge in [-0.1, -0.05) is 38.1 Å². The van der Waals surface area contributed by atoms with Gasteiger partial charge in [0.25, 0.3) is 0 Å². The van der Waals surface area contributed by atoms with Gasteiger partial charge in [-0.05, 0) is 30.9 Å². The molecule has 4 nitrogen and oxygen atoms in total. The largest absolute Gasteiger partial charge is 0.480 e. The molecule has 0 heterocycles. The minimum absolute atomic E-state index is 0.312. The number of aliphatic hydroxyl groups excluding tert-OH is 1. The molecule has 1 aromatic rings. The number of carbonyl (C=O) groups is 1. The Balaban J connectivity index is 2.69. The van der Waals surface area contributed by atoms with Gasteiger partial charge in [-0.15, -0.1) is 0 Å². The maximum atomic E-state index is 11.0. The zero-order valence-electron chi connectivity index (χ0n) is 11.8. The predicted molar refractivity (Wildman–Crippen MR) is 75.1 cm³/mol. The maximum Gasteiger partial charge on any atom is 0.320 e. The fourth-order valence-electron chi connectivity index (χ4n) is 2.01. The lowest BCUT2D eigenvalue weighted by atomic mass is 10.0. The molecule has 3 N–H and O–H groups in total. The molecule has 1 rings (SSSR count). The van der Waals surface area contributed by atoms with Crippen LogP contribution in [0.2, 0.25) is 0 Å². The molecule has 0 spiro atoms. The first-order valence-corrected chi connectivity index (χ1v) is 6.75. The molecule has 0 aliphatic heterocycles. The van der Waals surface area contributed by atoms with E-state index >= 15 is 0 Å². The highest BCUT2D eigenvalue weighted by molar-refractivity contribution is 5.73. The SMILES string of the molecule is CCc1ccc(C(O)C(C)NC(CC)C(=O)O)cc1. The Bertz CT molecular complexity index is 402. The minimum atomic E-state index is -0.886. The second-order valence-electron chi connectivity index (χ2n) is 4.79. The lowest BCUT2D eigenvalue weighted by molar-refractivity contribution is -0.140. The molecule has 0 amide bonds. The van der Waals surface area contributed by atoms with E-state index in [0.29, 0.717) is 6.42 Å². The summed E-state index contributed by atoms with van der Waals surface area (Å²) < 4.78 is 0. The van der Waals surface area contributed by atoms with Crippen molar-refractivity contribution in [3.8, 4) is 0 Å². The van der Waals surface area contributed by atoms with Crippen LogP contribution in [0.1, 0.15) is 44.4 Å². The third-order valence-electron chi connectivity index (χ3n) is 3.37. The number of benzene rings is 1. The van der Waals surface area contributed by atoms with Crippen LogP contribution in [0.25, 0.3) is 0 Å². The number of hydrogen-bond acceptors (Lipinski definition) is 3. The summed E-state index contributed by atoms with van der Waals surface area (Å²) in [6, 6.07) is 6.82. The van der Waals surface area contributed by atoms with E-state index in [4.69, 9.17) is 5.11 Å². The maximum absolute atomic E-state index is 11.0. The molecule has 106 valence electrons. The Hall–Kier alpha value is -1.39. The lowest BCUT2D eigenvalue weighted by Gasteiger charge is -2.24. The van der Waals surface area contributed by atoms with Crippen molar-refractivity contribution in [1.29, 1.82) is 0 Å². The second-order valence-corrected chi connectivity index (χ2v) is 4.79. The molecule has 0 saturated carbocycles. The average molecular weight is 265 g/mol. The van der Waals surface area contributed by atoms with Crippen molar-refractivity contribution in [2.45, 2.75) is 51.8 Å². The molecule has 0 aromatic heterocycles. The summed E-state index contributed by atoms with van der Waals surface area (Å²) in [7, 11) is 0. The molecule has 0 bridgehead atoms. The fraction of sp³-hybridized carbons (Fsp3) is 0.533. The van der Waals surface area contributed by atoms with E-state index in [1.807, 2.05) is 24.3 Å².